The van der Waals surface area contributed by atoms with Crippen molar-refractivity contribution >= 4 is 68.3 Å². The fourth-order valence-electron chi connectivity index (χ4n) is 7.20. The normalized spacial score (nSPS) is 12.4. The van der Waals surface area contributed by atoms with E-state index in [2.05, 4.69) is 16.5 Å². The van der Waals surface area contributed by atoms with Crippen LogP contribution in [0.3, 0.4) is 0 Å². The van der Waals surface area contributed by atoms with Gasteiger partial charge in [0.05, 0.1) is 5.41 Å². The number of carbonyl (C=O) groups is 4. The van der Waals surface area contributed by atoms with Crippen LogP contribution in [-0.4, -0.2) is 38.4 Å². The van der Waals surface area contributed by atoms with Crippen molar-refractivity contribution in [3.05, 3.63) is 240 Å². The quantitative estimate of drug-likeness (QED) is 0.0704. The van der Waals surface area contributed by atoms with Crippen LogP contribution < -0.4 is 5.73 Å². The molecule has 2 aromatic heterocycles. The summed E-state index contributed by atoms with van der Waals surface area (Å²) in [6.45, 7) is 3.84. The number of nitrogens with two attached hydrogens (primary N) is 1. The van der Waals surface area contributed by atoms with Crippen molar-refractivity contribution in [2.24, 2.45) is 0 Å². The molecule has 6 aromatic carbocycles. The van der Waals surface area contributed by atoms with Crippen molar-refractivity contribution < 1.29 is 24.3 Å². The zero-order valence-electron chi connectivity index (χ0n) is 35.0. The van der Waals surface area contributed by atoms with Gasteiger partial charge in [0.1, 0.15) is 0 Å². The monoisotopic (exact) mass is 839 g/mol. The summed E-state index contributed by atoms with van der Waals surface area (Å²) in [7, 11) is 0. The fraction of sp³-hybridized carbons (Fsp3) is 0.0714. The van der Waals surface area contributed by atoms with Gasteiger partial charge in [-0.15, -0.1) is 0 Å². The summed E-state index contributed by atoms with van der Waals surface area (Å²) in [4.78, 5) is 56.4. The Labute approximate surface area is 371 Å². The van der Waals surface area contributed by atoms with Gasteiger partial charge in [-0.1, -0.05) is 146 Å². The number of rotatable bonds is 12. The number of hydrogen-bond donors (Lipinski definition) is 2. The fourth-order valence-corrected chi connectivity index (χ4v) is 7.20. The molecule has 0 spiro atoms. The first kappa shape index (κ1) is 43.7. The van der Waals surface area contributed by atoms with Crippen molar-refractivity contribution in [3.63, 3.8) is 0 Å². The SMILES string of the molecule is C=C(C(=O)c1ccc(/C=C/C(=O)O)cc1)c1ccccc1.Nc1ccc2cnccc2c1.O=C(/C=C/c1ccc(C(=O)C2(c3ccccc3)CC2)cc1)Cc1ccc2cnccc2c1. The zero-order valence-corrected chi connectivity index (χ0v) is 35.0. The van der Waals surface area contributed by atoms with E-state index >= 15 is 0 Å². The number of Topliss-reactive ketones (excluding diaryl/α,β-unsaturated/α-hetero) is 2. The molecule has 0 saturated heterocycles. The molecule has 1 aliphatic rings. The first-order chi connectivity index (χ1) is 31.1. The molecule has 2 heterocycles. The summed E-state index contributed by atoms with van der Waals surface area (Å²) in [5, 5.41) is 13.0. The van der Waals surface area contributed by atoms with E-state index in [1.54, 1.807) is 42.7 Å². The summed E-state index contributed by atoms with van der Waals surface area (Å²) >= 11 is 0. The number of carboxylic acids is 1. The predicted octanol–water partition coefficient (Wildman–Crippen LogP) is 11.5. The first-order valence-corrected chi connectivity index (χ1v) is 20.7. The summed E-state index contributed by atoms with van der Waals surface area (Å²) < 4.78 is 0. The van der Waals surface area contributed by atoms with Gasteiger partial charge in [0.2, 0.25) is 0 Å². The smallest absolute Gasteiger partial charge is 0.328 e. The number of hydrogen-bond acceptors (Lipinski definition) is 7. The maximum atomic E-state index is 13.1. The number of ketones is 3. The Bertz CT molecular complexity index is 3010. The Morgan fingerprint density at radius 1 is 0.594 bits per heavy atom. The maximum absolute atomic E-state index is 13.1. The summed E-state index contributed by atoms with van der Waals surface area (Å²) in [6, 6.07) is 49.3. The molecule has 0 unspecified atom stereocenters. The number of nitrogens with zero attached hydrogens (tertiary/aromatic N) is 2. The highest BCUT2D eigenvalue weighted by molar-refractivity contribution is 6.28. The second-order valence-electron chi connectivity index (χ2n) is 15.4. The number of aliphatic carboxylic acids is 1. The number of anilines is 1. The Morgan fingerprint density at radius 3 is 1.73 bits per heavy atom. The number of carbonyl (C=O) groups excluding carboxylic acids is 3. The van der Waals surface area contributed by atoms with E-state index in [4.69, 9.17) is 10.8 Å². The van der Waals surface area contributed by atoms with Gasteiger partial charge in [-0.25, -0.2) is 4.79 Å². The van der Waals surface area contributed by atoms with Crippen LogP contribution in [0.1, 0.15) is 61.4 Å². The molecule has 8 nitrogen and oxygen atoms in total. The minimum Gasteiger partial charge on any atom is -0.478 e. The topological polar surface area (TPSA) is 140 Å². The molecule has 3 N–H and O–H groups in total. The van der Waals surface area contributed by atoms with Gasteiger partial charge in [-0.3, -0.25) is 24.4 Å². The minimum atomic E-state index is -1.01. The highest BCUT2D eigenvalue weighted by atomic mass is 16.4. The van der Waals surface area contributed by atoms with Crippen LogP contribution in [0.4, 0.5) is 5.69 Å². The molecule has 314 valence electrons. The second-order valence-corrected chi connectivity index (χ2v) is 15.4. The lowest BCUT2D eigenvalue weighted by Crippen LogP contribution is -2.20. The highest BCUT2D eigenvalue weighted by Crippen LogP contribution is 2.50. The number of allylic oxidation sites excluding steroid dienone is 2. The van der Waals surface area contributed by atoms with Gasteiger partial charge in [0.25, 0.3) is 0 Å². The first-order valence-electron chi connectivity index (χ1n) is 20.7. The van der Waals surface area contributed by atoms with E-state index in [0.29, 0.717) is 17.6 Å². The van der Waals surface area contributed by atoms with Crippen LogP contribution in [0.15, 0.2) is 201 Å². The van der Waals surface area contributed by atoms with E-state index < -0.39 is 5.97 Å². The maximum Gasteiger partial charge on any atom is 0.328 e. The molecule has 1 saturated carbocycles. The van der Waals surface area contributed by atoms with Crippen LogP contribution in [0.25, 0.3) is 39.3 Å². The van der Waals surface area contributed by atoms with Crippen molar-refractivity contribution in [1.82, 2.24) is 9.97 Å². The van der Waals surface area contributed by atoms with Crippen molar-refractivity contribution in [2.45, 2.75) is 24.7 Å². The summed E-state index contributed by atoms with van der Waals surface area (Å²) in [5.74, 6) is -0.927. The lowest BCUT2D eigenvalue weighted by Gasteiger charge is -2.14. The Balaban J connectivity index is 0.000000163. The average Bonchev–Trinajstić information content (AvgIpc) is 4.16. The predicted molar refractivity (Wildman–Crippen MR) is 257 cm³/mol. The molecule has 0 bridgehead atoms. The van der Waals surface area contributed by atoms with E-state index in [0.717, 1.165) is 79.5 Å². The van der Waals surface area contributed by atoms with Crippen LogP contribution in [0.5, 0.6) is 0 Å². The molecule has 64 heavy (non-hydrogen) atoms. The second kappa shape index (κ2) is 20.5. The lowest BCUT2D eigenvalue weighted by molar-refractivity contribution is -0.131. The molecule has 8 aromatic rings. The standard InChI is InChI=1S/C29H23NO2.C18H14O3.C9H8N2/c31-27(19-22-8-12-25-20-30-17-14-24(25)18-22)13-9-21-6-10-23(11-7-21)28(32)29(15-16-29)26-4-2-1-3-5-26;1-13(15-5-3-2-4-6-15)18(21)16-10-7-14(8-11-16)9-12-17(19)20;10-9-2-1-8-6-11-4-3-7(8)5-9/h1-14,17-18,20H,15-16,19H2;2-12H,1H2,(H,19,20);1-6H,10H2/b13-9+;12-9+;. The molecule has 1 fully saturated rings. The van der Waals surface area contributed by atoms with Gasteiger partial charge in [-0.05, 0) is 87.8 Å². The molecular formula is C56H45N3O5. The molecular weight excluding hydrogens is 795 g/mol. The number of fused-ring (bicyclic) bond motifs is 2. The van der Waals surface area contributed by atoms with E-state index in [9.17, 15) is 19.2 Å². The van der Waals surface area contributed by atoms with Gasteiger partial charge in [0, 0.05) is 70.4 Å². The molecule has 9 rings (SSSR count). The van der Waals surface area contributed by atoms with E-state index in [-0.39, 0.29) is 22.8 Å². The molecule has 0 aliphatic heterocycles. The summed E-state index contributed by atoms with van der Waals surface area (Å²) in [5.41, 5.74) is 12.2. The molecule has 1 aliphatic carbocycles. The largest absolute Gasteiger partial charge is 0.478 e. The van der Waals surface area contributed by atoms with Gasteiger partial charge >= 0.3 is 5.97 Å². The average molecular weight is 840 g/mol. The number of benzene rings is 6. The Hall–Kier alpha value is -8.36. The van der Waals surface area contributed by atoms with Crippen molar-refractivity contribution in [1.29, 1.82) is 0 Å². The Kier molecular flexibility index (Phi) is 14.0. The molecule has 0 atom stereocenters. The third-order valence-electron chi connectivity index (χ3n) is 10.9. The van der Waals surface area contributed by atoms with Gasteiger partial charge < -0.3 is 10.8 Å². The molecule has 8 heteroatoms. The zero-order chi connectivity index (χ0) is 44.9. The third kappa shape index (κ3) is 11.3. The van der Waals surface area contributed by atoms with E-state index in [1.165, 1.54) is 6.08 Å². The number of aromatic nitrogens is 2. The summed E-state index contributed by atoms with van der Waals surface area (Å²) in [6.07, 6.45) is 15.3. The number of carboxylic acid groups (broad SMARTS) is 1. The van der Waals surface area contributed by atoms with Gasteiger partial charge in [-0.2, -0.15) is 0 Å². The highest BCUT2D eigenvalue weighted by Gasteiger charge is 2.51. The van der Waals surface area contributed by atoms with Gasteiger partial charge in [0.15, 0.2) is 17.3 Å². The van der Waals surface area contributed by atoms with Crippen LogP contribution in [-0.2, 0) is 21.4 Å². The Morgan fingerprint density at radius 2 is 1.14 bits per heavy atom. The molecule has 0 radical (unpaired) electrons. The number of pyridine rings is 2. The lowest BCUT2D eigenvalue weighted by atomic mass is 9.87. The van der Waals surface area contributed by atoms with Crippen molar-refractivity contribution in [3.8, 4) is 0 Å². The van der Waals surface area contributed by atoms with Crippen molar-refractivity contribution in [2.75, 3.05) is 5.73 Å². The minimum absolute atomic E-state index is 0.0413. The number of nitrogen functional groups attached to an aromatic ring is 1. The van der Waals surface area contributed by atoms with E-state index in [1.807, 2.05) is 152 Å². The molecule has 0 amide bonds. The third-order valence-corrected chi connectivity index (χ3v) is 10.9. The van der Waals surface area contributed by atoms with Crippen LogP contribution in [0, 0.1) is 0 Å². The van der Waals surface area contributed by atoms with Crippen LogP contribution >= 0.6 is 0 Å². The van der Waals surface area contributed by atoms with Crippen LogP contribution in [0.2, 0.25) is 0 Å².